The van der Waals surface area contributed by atoms with Gasteiger partial charge in [-0.1, -0.05) is 27.7 Å². The lowest BCUT2D eigenvalue weighted by Crippen LogP contribution is -2.22. The molecule has 2 aromatic carbocycles. The standard InChI is InChI=1S/C19H16BrN3O3S/c1-26-16-8-4-14(5-9-16)22-17(24)12-27-18-19(25)23(11-10-21-18)15-6-2-13(20)3-7-15/h2-11H,12H2,1H3,(H,22,24). The van der Waals surface area contributed by atoms with Gasteiger partial charge in [0, 0.05) is 28.2 Å². The summed E-state index contributed by atoms with van der Waals surface area (Å²) in [7, 11) is 1.58. The average molecular weight is 446 g/mol. The first-order chi connectivity index (χ1) is 13.1. The Morgan fingerprint density at radius 3 is 2.56 bits per heavy atom. The second kappa shape index (κ2) is 8.88. The van der Waals surface area contributed by atoms with Gasteiger partial charge >= 0.3 is 0 Å². The molecule has 1 aromatic heterocycles. The molecule has 6 nitrogen and oxygen atoms in total. The maximum atomic E-state index is 12.6. The van der Waals surface area contributed by atoms with Crippen LogP contribution in [0.15, 0.2) is 75.2 Å². The highest BCUT2D eigenvalue weighted by atomic mass is 79.9. The molecule has 138 valence electrons. The van der Waals surface area contributed by atoms with Gasteiger partial charge in [-0.2, -0.15) is 0 Å². The van der Waals surface area contributed by atoms with Gasteiger partial charge in [0.15, 0.2) is 5.03 Å². The number of carbonyl (C=O) groups is 1. The molecule has 0 aliphatic carbocycles. The van der Waals surface area contributed by atoms with Crippen molar-refractivity contribution in [3.63, 3.8) is 0 Å². The monoisotopic (exact) mass is 445 g/mol. The third-order valence-corrected chi connectivity index (χ3v) is 5.12. The highest BCUT2D eigenvalue weighted by molar-refractivity contribution is 9.10. The minimum absolute atomic E-state index is 0.0820. The Labute approximate surface area is 168 Å². The van der Waals surface area contributed by atoms with Gasteiger partial charge in [0.1, 0.15) is 5.75 Å². The SMILES string of the molecule is COc1ccc(NC(=O)CSc2nccn(-c3ccc(Br)cc3)c2=O)cc1. The van der Waals surface area contributed by atoms with E-state index in [1.807, 2.05) is 24.3 Å². The Balaban J connectivity index is 1.67. The Bertz CT molecular complexity index is 988. The first kappa shape index (κ1) is 19.2. The highest BCUT2D eigenvalue weighted by Gasteiger charge is 2.10. The highest BCUT2D eigenvalue weighted by Crippen LogP contribution is 2.17. The lowest BCUT2D eigenvalue weighted by Gasteiger charge is -2.08. The third-order valence-electron chi connectivity index (χ3n) is 3.63. The fraction of sp³-hybridized carbons (Fsp3) is 0.105. The van der Waals surface area contributed by atoms with Crippen molar-refractivity contribution >= 4 is 39.3 Å². The topological polar surface area (TPSA) is 73.2 Å². The summed E-state index contributed by atoms with van der Waals surface area (Å²) in [5, 5.41) is 3.05. The van der Waals surface area contributed by atoms with E-state index in [4.69, 9.17) is 4.74 Å². The molecule has 1 heterocycles. The van der Waals surface area contributed by atoms with Gasteiger partial charge in [0.05, 0.1) is 12.9 Å². The van der Waals surface area contributed by atoms with Gasteiger partial charge in [-0.15, -0.1) is 0 Å². The fourth-order valence-corrected chi connectivity index (χ4v) is 3.26. The molecule has 0 saturated carbocycles. The molecule has 3 aromatic rings. The summed E-state index contributed by atoms with van der Waals surface area (Å²) < 4.78 is 7.51. The number of benzene rings is 2. The number of halogens is 1. The summed E-state index contributed by atoms with van der Waals surface area (Å²) in [5.74, 6) is 0.577. The molecule has 0 saturated heterocycles. The second-order valence-electron chi connectivity index (χ2n) is 5.45. The third kappa shape index (κ3) is 4.99. The quantitative estimate of drug-likeness (QED) is 0.585. The molecule has 0 aliphatic rings. The van der Waals surface area contributed by atoms with Crippen LogP contribution >= 0.6 is 27.7 Å². The van der Waals surface area contributed by atoms with Gasteiger partial charge < -0.3 is 10.1 Å². The Hall–Kier alpha value is -2.58. The van der Waals surface area contributed by atoms with Crippen LogP contribution < -0.4 is 15.6 Å². The summed E-state index contributed by atoms with van der Waals surface area (Å²) in [6.07, 6.45) is 3.15. The van der Waals surface area contributed by atoms with E-state index >= 15 is 0 Å². The van der Waals surface area contributed by atoms with Gasteiger partial charge in [-0.05, 0) is 48.5 Å². The molecule has 3 rings (SSSR count). The van der Waals surface area contributed by atoms with Crippen LogP contribution in [0.2, 0.25) is 0 Å². The van der Waals surface area contributed by atoms with Crippen molar-refractivity contribution < 1.29 is 9.53 Å². The summed E-state index contributed by atoms with van der Waals surface area (Å²) >= 11 is 4.48. The molecule has 0 atom stereocenters. The van der Waals surface area contributed by atoms with E-state index in [0.29, 0.717) is 11.4 Å². The van der Waals surface area contributed by atoms with Crippen LogP contribution in [-0.4, -0.2) is 28.3 Å². The van der Waals surface area contributed by atoms with E-state index in [1.54, 1.807) is 43.8 Å². The molecule has 27 heavy (non-hydrogen) atoms. The number of hydrogen-bond acceptors (Lipinski definition) is 5. The van der Waals surface area contributed by atoms with Crippen molar-refractivity contribution in [2.75, 3.05) is 18.2 Å². The van der Waals surface area contributed by atoms with Crippen molar-refractivity contribution in [3.05, 3.63) is 75.8 Å². The van der Waals surface area contributed by atoms with Crippen LogP contribution in [0.25, 0.3) is 5.69 Å². The lowest BCUT2D eigenvalue weighted by atomic mass is 10.3. The molecule has 8 heteroatoms. The van der Waals surface area contributed by atoms with Crippen molar-refractivity contribution in [3.8, 4) is 11.4 Å². The number of nitrogens with one attached hydrogen (secondary N) is 1. The number of amides is 1. The summed E-state index contributed by atoms with van der Waals surface area (Å²) in [6, 6.07) is 14.4. The zero-order valence-electron chi connectivity index (χ0n) is 14.4. The number of aromatic nitrogens is 2. The maximum absolute atomic E-state index is 12.6. The largest absolute Gasteiger partial charge is 0.497 e. The molecular formula is C19H16BrN3O3S. The number of carbonyl (C=O) groups excluding carboxylic acids is 1. The number of nitrogens with zero attached hydrogens (tertiary/aromatic N) is 2. The average Bonchev–Trinajstić information content (AvgIpc) is 2.68. The summed E-state index contributed by atoms with van der Waals surface area (Å²) in [4.78, 5) is 28.9. The predicted octanol–water partition coefficient (Wildman–Crippen LogP) is 3.73. The predicted molar refractivity (Wildman–Crippen MR) is 110 cm³/mol. The molecule has 0 aliphatic heterocycles. The zero-order chi connectivity index (χ0) is 19.2. The van der Waals surface area contributed by atoms with Crippen molar-refractivity contribution in [2.45, 2.75) is 5.03 Å². The van der Waals surface area contributed by atoms with Crippen LogP contribution in [0.1, 0.15) is 0 Å². The van der Waals surface area contributed by atoms with Crippen LogP contribution in [0, 0.1) is 0 Å². The number of anilines is 1. The van der Waals surface area contributed by atoms with Gasteiger partial charge in [-0.25, -0.2) is 4.98 Å². The molecule has 0 fully saturated rings. The molecular weight excluding hydrogens is 430 g/mol. The van der Waals surface area contributed by atoms with E-state index < -0.39 is 0 Å². The number of methoxy groups -OCH3 is 1. The number of rotatable bonds is 6. The Morgan fingerprint density at radius 1 is 1.19 bits per heavy atom. The van der Waals surface area contributed by atoms with Crippen molar-refractivity contribution in [2.24, 2.45) is 0 Å². The second-order valence-corrected chi connectivity index (χ2v) is 7.33. The van der Waals surface area contributed by atoms with Crippen molar-refractivity contribution in [1.29, 1.82) is 0 Å². The maximum Gasteiger partial charge on any atom is 0.287 e. The summed E-state index contributed by atoms with van der Waals surface area (Å²) in [5.41, 5.74) is 1.13. The number of ether oxygens (including phenoxy) is 1. The van der Waals surface area contributed by atoms with E-state index in [2.05, 4.69) is 26.2 Å². The van der Waals surface area contributed by atoms with E-state index in [-0.39, 0.29) is 22.2 Å². The molecule has 1 N–H and O–H groups in total. The molecule has 1 amide bonds. The minimum Gasteiger partial charge on any atom is -0.497 e. The van der Waals surface area contributed by atoms with Crippen LogP contribution in [-0.2, 0) is 4.79 Å². The van der Waals surface area contributed by atoms with Crippen LogP contribution in [0.5, 0.6) is 5.75 Å². The zero-order valence-corrected chi connectivity index (χ0v) is 16.8. The molecule has 0 bridgehead atoms. The smallest absolute Gasteiger partial charge is 0.287 e. The van der Waals surface area contributed by atoms with Gasteiger partial charge in [-0.3, -0.25) is 14.2 Å². The van der Waals surface area contributed by atoms with Gasteiger partial charge in [0.25, 0.3) is 5.56 Å². The molecule has 0 spiro atoms. The first-order valence-corrected chi connectivity index (χ1v) is 9.75. The van der Waals surface area contributed by atoms with E-state index in [9.17, 15) is 9.59 Å². The van der Waals surface area contributed by atoms with Crippen LogP contribution in [0.4, 0.5) is 5.69 Å². The number of hydrogen-bond donors (Lipinski definition) is 1. The normalized spacial score (nSPS) is 10.4. The summed E-state index contributed by atoms with van der Waals surface area (Å²) in [6.45, 7) is 0. The van der Waals surface area contributed by atoms with Gasteiger partial charge in [0.2, 0.25) is 5.91 Å². The minimum atomic E-state index is -0.262. The van der Waals surface area contributed by atoms with Crippen LogP contribution in [0.3, 0.4) is 0 Å². The van der Waals surface area contributed by atoms with Crippen molar-refractivity contribution in [1.82, 2.24) is 9.55 Å². The number of thioether (sulfide) groups is 1. The van der Waals surface area contributed by atoms with E-state index in [0.717, 1.165) is 21.9 Å². The lowest BCUT2D eigenvalue weighted by molar-refractivity contribution is -0.113. The molecule has 0 radical (unpaired) electrons. The first-order valence-electron chi connectivity index (χ1n) is 7.97. The molecule has 0 unspecified atom stereocenters. The fourth-order valence-electron chi connectivity index (χ4n) is 2.30. The Morgan fingerprint density at radius 2 is 1.89 bits per heavy atom. The van der Waals surface area contributed by atoms with E-state index in [1.165, 1.54) is 4.57 Å². The Kier molecular flexibility index (Phi) is 6.31.